The zero-order chi connectivity index (χ0) is 23.0. The van der Waals surface area contributed by atoms with Crippen LogP contribution in [0, 0.1) is 0 Å². The van der Waals surface area contributed by atoms with Crippen molar-refractivity contribution >= 4 is 33.3 Å². The van der Waals surface area contributed by atoms with Crippen molar-refractivity contribution in [1.29, 1.82) is 0 Å². The van der Waals surface area contributed by atoms with E-state index in [9.17, 15) is 0 Å². The SMILES string of the molecule is CC(C)(C)N=C1Nc2ccccc2C(c2nnnn2C2CCCCC2)N1c1ccc(Br)cc1. The van der Waals surface area contributed by atoms with Crippen molar-refractivity contribution in [3.8, 4) is 0 Å². The van der Waals surface area contributed by atoms with E-state index < -0.39 is 0 Å². The lowest BCUT2D eigenvalue weighted by atomic mass is 9.94. The van der Waals surface area contributed by atoms with Gasteiger partial charge in [-0.25, -0.2) is 9.67 Å². The second kappa shape index (κ2) is 8.89. The number of nitrogens with one attached hydrogen (secondary N) is 1. The number of fused-ring (bicyclic) bond motifs is 1. The fourth-order valence-electron chi connectivity index (χ4n) is 4.78. The maximum Gasteiger partial charge on any atom is 0.204 e. The quantitative estimate of drug-likeness (QED) is 0.462. The molecule has 0 bridgehead atoms. The van der Waals surface area contributed by atoms with E-state index >= 15 is 0 Å². The molecule has 1 saturated carbocycles. The van der Waals surface area contributed by atoms with Crippen LogP contribution in [0.1, 0.15) is 76.3 Å². The molecule has 0 radical (unpaired) electrons. The molecule has 1 fully saturated rings. The van der Waals surface area contributed by atoms with Gasteiger partial charge in [0, 0.05) is 21.4 Å². The summed E-state index contributed by atoms with van der Waals surface area (Å²) in [5.74, 6) is 1.66. The second-order valence-corrected chi connectivity index (χ2v) is 10.8. The fourth-order valence-corrected chi connectivity index (χ4v) is 5.05. The molecule has 1 aromatic heterocycles. The van der Waals surface area contributed by atoms with Crippen LogP contribution in [0.5, 0.6) is 0 Å². The number of aromatic nitrogens is 4. The molecule has 172 valence electrons. The van der Waals surface area contributed by atoms with E-state index in [-0.39, 0.29) is 11.6 Å². The molecule has 1 aliphatic heterocycles. The van der Waals surface area contributed by atoms with Crippen LogP contribution in [0.4, 0.5) is 11.4 Å². The molecule has 1 atom stereocenters. The van der Waals surface area contributed by atoms with Crippen LogP contribution >= 0.6 is 15.9 Å². The highest BCUT2D eigenvalue weighted by molar-refractivity contribution is 9.10. The summed E-state index contributed by atoms with van der Waals surface area (Å²) in [5, 5.41) is 16.8. The molecule has 8 heteroatoms. The van der Waals surface area contributed by atoms with Crippen molar-refractivity contribution in [1.82, 2.24) is 20.2 Å². The first-order chi connectivity index (χ1) is 15.9. The third-order valence-electron chi connectivity index (χ3n) is 6.22. The van der Waals surface area contributed by atoms with Crippen molar-refractivity contribution in [2.75, 3.05) is 10.2 Å². The van der Waals surface area contributed by atoms with E-state index in [1.165, 1.54) is 19.3 Å². The molecule has 5 rings (SSSR count). The van der Waals surface area contributed by atoms with Crippen LogP contribution in [-0.2, 0) is 0 Å². The molecule has 2 heterocycles. The number of tetrazole rings is 1. The zero-order valence-corrected chi connectivity index (χ0v) is 21.0. The van der Waals surface area contributed by atoms with Crippen molar-refractivity contribution in [3.05, 3.63) is 64.4 Å². The number of hydrogen-bond acceptors (Lipinski definition) is 4. The standard InChI is InChI=1S/C25H30BrN7/c1-25(2,3)28-24-27-21-12-8-7-11-20(21)22(32(24)18-15-13-17(26)14-16-18)23-29-30-31-33(23)19-9-5-4-6-10-19/h7-8,11-16,19,22H,4-6,9-10H2,1-3H3,(H,27,28). The van der Waals surface area contributed by atoms with Crippen LogP contribution in [0.3, 0.4) is 0 Å². The Morgan fingerprint density at radius 2 is 1.73 bits per heavy atom. The molecule has 0 amide bonds. The van der Waals surface area contributed by atoms with Gasteiger partial charge in [-0.2, -0.15) is 0 Å². The number of anilines is 2. The number of hydrogen-bond donors (Lipinski definition) is 1. The predicted molar refractivity (Wildman–Crippen MR) is 136 cm³/mol. The van der Waals surface area contributed by atoms with E-state index in [2.05, 4.69) is 116 Å². The van der Waals surface area contributed by atoms with E-state index in [4.69, 9.17) is 4.99 Å². The van der Waals surface area contributed by atoms with Crippen LogP contribution in [-0.4, -0.2) is 31.7 Å². The molecule has 1 aliphatic carbocycles. The van der Waals surface area contributed by atoms with Crippen molar-refractivity contribution < 1.29 is 0 Å². The normalized spacial score (nSPS) is 20.5. The van der Waals surface area contributed by atoms with E-state index in [1.54, 1.807) is 0 Å². The number of guanidine groups is 1. The summed E-state index contributed by atoms with van der Waals surface area (Å²) in [4.78, 5) is 7.33. The van der Waals surface area contributed by atoms with Crippen LogP contribution in [0.15, 0.2) is 58.0 Å². The number of nitrogens with zero attached hydrogens (tertiary/aromatic N) is 6. The molecule has 2 aliphatic rings. The molecule has 7 nitrogen and oxygen atoms in total. The van der Waals surface area contributed by atoms with Gasteiger partial charge in [-0.3, -0.25) is 4.90 Å². The summed E-state index contributed by atoms with van der Waals surface area (Å²) in [5.41, 5.74) is 2.95. The van der Waals surface area contributed by atoms with Crippen LogP contribution in [0.25, 0.3) is 0 Å². The summed E-state index contributed by atoms with van der Waals surface area (Å²) < 4.78 is 3.11. The molecular formula is C25H30BrN7. The number of aliphatic imine (C=N–C) groups is 1. The number of benzene rings is 2. The summed E-state index contributed by atoms with van der Waals surface area (Å²) >= 11 is 3.58. The monoisotopic (exact) mass is 507 g/mol. The van der Waals surface area contributed by atoms with Gasteiger partial charge in [-0.15, -0.1) is 5.10 Å². The minimum Gasteiger partial charge on any atom is -0.326 e. The van der Waals surface area contributed by atoms with Gasteiger partial charge in [0.1, 0.15) is 6.04 Å². The molecule has 33 heavy (non-hydrogen) atoms. The summed E-state index contributed by atoms with van der Waals surface area (Å²) in [6.07, 6.45) is 5.97. The lowest BCUT2D eigenvalue weighted by molar-refractivity contribution is 0.314. The van der Waals surface area contributed by atoms with E-state index in [0.717, 1.165) is 46.0 Å². The largest absolute Gasteiger partial charge is 0.326 e. The molecular weight excluding hydrogens is 478 g/mol. The van der Waals surface area contributed by atoms with Crippen LogP contribution < -0.4 is 10.2 Å². The number of para-hydroxylation sites is 1. The Bertz CT molecular complexity index is 1140. The minimum atomic E-state index is -0.262. The average molecular weight is 508 g/mol. The molecule has 0 spiro atoms. The lowest BCUT2D eigenvalue weighted by Gasteiger charge is -2.40. The molecule has 1 N–H and O–H groups in total. The number of rotatable bonds is 3. The highest BCUT2D eigenvalue weighted by atomic mass is 79.9. The van der Waals surface area contributed by atoms with Crippen molar-refractivity contribution in [2.45, 2.75) is 70.5 Å². The summed E-state index contributed by atoms with van der Waals surface area (Å²) in [6.45, 7) is 6.34. The Labute approximate surface area is 203 Å². The first kappa shape index (κ1) is 22.1. The van der Waals surface area contributed by atoms with Gasteiger partial charge in [-0.1, -0.05) is 53.4 Å². The second-order valence-electron chi connectivity index (χ2n) is 9.84. The highest BCUT2D eigenvalue weighted by Crippen LogP contribution is 2.41. The fraction of sp³-hybridized carbons (Fsp3) is 0.440. The topological polar surface area (TPSA) is 71.2 Å². The molecule has 0 saturated heterocycles. The third-order valence-corrected chi connectivity index (χ3v) is 6.75. The van der Waals surface area contributed by atoms with Gasteiger partial charge in [0.05, 0.1) is 11.6 Å². The van der Waals surface area contributed by atoms with Gasteiger partial charge in [0.25, 0.3) is 0 Å². The highest BCUT2D eigenvalue weighted by Gasteiger charge is 2.38. The maximum absolute atomic E-state index is 5.09. The van der Waals surface area contributed by atoms with Crippen molar-refractivity contribution in [3.63, 3.8) is 0 Å². The maximum atomic E-state index is 5.09. The first-order valence-electron chi connectivity index (χ1n) is 11.7. The Morgan fingerprint density at radius 1 is 1.00 bits per heavy atom. The predicted octanol–water partition coefficient (Wildman–Crippen LogP) is 6.12. The third kappa shape index (κ3) is 4.53. The molecule has 3 aromatic rings. The van der Waals surface area contributed by atoms with E-state index in [1.807, 2.05) is 0 Å². The Kier molecular flexibility index (Phi) is 5.95. The molecule has 2 aromatic carbocycles. The smallest absolute Gasteiger partial charge is 0.204 e. The first-order valence-corrected chi connectivity index (χ1v) is 12.5. The Balaban J connectivity index is 1.71. The number of halogens is 1. The van der Waals surface area contributed by atoms with Gasteiger partial charge >= 0.3 is 0 Å². The van der Waals surface area contributed by atoms with Crippen LogP contribution in [0.2, 0.25) is 0 Å². The van der Waals surface area contributed by atoms with Crippen molar-refractivity contribution in [2.24, 2.45) is 4.99 Å². The Morgan fingerprint density at radius 3 is 2.45 bits per heavy atom. The van der Waals surface area contributed by atoms with Gasteiger partial charge in [-0.05, 0) is 74.4 Å². The summed E-state index contributed by atoms with van der Waals surface area (Å²) in [6, 6.07) is 16.9. The minimum absolute atomic E-state index is 0.193. The van der Waals surface area contributed by atoms with Gasteiger partial charge < -0.3 is 5.32 Å². The Hall–Kier alpha value is -2.74. The average Bonchev–Trinajstić information content (AvgIpc) is 3.28. The lowest BCUT2D eigenvalue weighted by Crippen LogP contribution is -2.46. The van der Waals surface area contributed by atoms with E-state index in [0.29, 0.717) is 6.04 Å². The van der Waals surface area contributed by atoms with Gasteiger partial charge in [0.2, 0.25) is 5.96 Å². The van der Waals surface area contributed by atoms with Gasteiger partial charge in [0.15, 0.2) is 5.82 Å². The zero-order valence-electron chi connectivity index (χ0n) is 19.4. The molecule has 1 unspecified atom stereocenters. The summed E-state index contributed by atoms with van der Waals surface area (Å²) in [7, 11) is 0.